The first-order valence-electron chi connectivity index (χ1n) is 7.03. The van der Waals surface area contributed by atoms with Crippen LogP contribution in [0.2, 0.25) is 0 Å². The quantitative estimate of drug-likeness (QED) is 0.572. The number of aryl methyl sites for hydroxylation is 1. The molecule has 7 heteroatoms. The first kappa shape index (κ1) is 17.0. The van der Waals surface area contributed by atoms with E-state index >= 15 is 0 Å². The van der Waals surface area contributed by atoms with Crippen LogP contribution in [-0.4, -0.2) is 39.7 Å². The molecule has 0 fully saturated rings. The van der Waals surface area contributed by atoms with Crippen LogP contribution in [0.1, 0.15) is 39.4 Å². The van der Waals surface area contributed by atoms with Gasteiger partial charge in [0.1, 0.15) is 5.82 Å². The number of aromatic amines is 1. The molecule has 0 bridgehead atoms. The van der Waals surface area contributed by atoms with Crippen molar-refractivity contribution < 1.29 is 14.7 Å². The molecule has 0 aliphatic heterocycles. The van der Waals surface area contributed by atoms with Gasteiger partial charge in [-0.05, 0) is 11.8 Å². The maximum Gasteiger partial charge on any atom is 0.315 e. The summed E-state index contributed by atoms with van der Waals surface area (Å²) in [5, 5.41) is 14.4. The molecular weight excluding hydrogens is 272 g/mol. The minimum atomic E-state index is -0.923. The molecule has 118 valence electrons. The summed E-state index contributed by atoms with van der Waals surface area (Å²) >= 11 is 0. The second-order valence-corrected chi connectivity index (χ2v) is 6.06. The van der Waals surface area contributed by atoms with E-state index in [4.69, 9.17) is 5.11 Å². The Bertz CT molecular complexity index is 451. The third-order valence-corrected chi connectivity index (χ3v) is 3.16. The summed E-state index contributed by atoms with van der Waals surface area (Å²) in [5.74, 6) is -0.0382. The number of H-pyrrole nitrogens is 1. The molecule has 1 rings (SSSR count). The monoisotopic (exact) mass is 296 g/mol. The highest BCUT2D eigenvalue weighted by molar-refractivity contribution is 5.75. The highest BCUT2D eigenvalue weighted by Crippen LogP contribution is 2.21. The number of aromatic nitrogens is 2. The number of hydrogen-bond acceptors (Lipinski definition) is 3. The second kappa shape index (κ2) is 7.66. The summed E-state index contributed by atoms with van der Waals surface area (Å²) in [6, 6.07) is -0.754. The second-order valence-electron chi connectivity index (χ2n) is 6.06. The van der Waals surface area contributed by atoms with E-state index in [-0.39, 0.29) is 17.9 Å². The Morgan fingerprint density at radius 2 is 2.14 bits per heavy atom. The number of urea groups is 1. The fourth-order valence-electron chi connectivity index (χ4n) is 1.85. The lowest BCUT2D eigenvalue weighted by molar-refractivity contribution is -0.138. The van der Waals surface area contributed by atoms with E-state index in [0.29, 0.717) is 6.54 Å². The average Bonchev–Trinajstić information content (AvgIpc) is 2.85. The molecule has 1 atom stereocenters. The van der Waals surface area contributed by atoms with Crippen molar-refractivity contribution in [3.63, 3.8) is 0 Å². The lowest BCUT2D eigenvalue weighted by Crippen LogP contribution is -2.49. The van der Waals surface area contributed by atoms with Crippen LogP contribution >= 0.6 is 0 Å². The summed E-state index contributed by atoms with van der Waals surface area (Å²) in [5.41, 5.74) is -0.316. The van der Waals surface area contributed by atoms with E-state index in [1.165, 1.54) is 0 Å². The van der Waals surface area contributed by atoms with Gasteiger partial charge in [0.05, 0.1) is 6.42 Å². The van der Waals surface area contributed by atoms with Crippen LogP contribution in [-0.2, 0) is 11.2 Å². The Labute approximate surface area is 124 Å². The maximum atomic E-state index is 11.8. The standard InChI is InChI=1S/C14H24N4O3/c1-14(2,3)10(9-12(19)20)18-13(21)17-6-4-5-11-15-7-8-16-11/h7-8,10H,4-6,9H2,1-3H3,(H,15,16)(H,19,20)(H2,17,18,21). The van der Waals surface area contributed by atoms with Gasteiger partial charge >= 0.3 is 12.0 Å². The molecule has 1 unspecified atom stereocenters. The van der Waals surface area contributed by atoms with Crippen LogP contribution in [0.15, 0.2) is 12.4 Å². The van der Waals surface area contributed by atoms with Crippen molar-refractivity contribution in [2.24, 2.45) is 5.41 Å². The van der Waals surface area contributed by atoms with E-state index in [2.05, 4.69) is 20.6 Å². The number of nitrogens with zero attached hydrogens (tertiary/aromatic N) is 1. The molecule has 2 amide bonds. The number of carbonyl (C=O) groups is 2. The van der Waals surface area contributed by atoms with Gasteiger partial charge in [0, 0.05) is 31.4 Å². The number of rotatable bonds is 7. The molecule has 0 saturated heterocycles. The zero-order valence-corrected chi connectivity index (χ0v) is 12.8. The molecule has 4 N–H and O–H groups in total. The van der Waals surface area contributed by atoms with Crippen LogP contribution in [0.25, 0.3) is 0 Å². The third kappa shape index (κ3) is 6.78. The Kier molecular flexibility index (Phi) is 6.20. The van der Waals surface area contributed by atoms with Crippen LogP contribution < -0.4 is 10.6 Å². The largest absolute Gasteiger partial charge is 0.481 e. The summed E-state index contributed by atoms with van der Waals surface area (Å²) in [6.07, 6.45) is 4.87. The van der Waals surface area contributed by atoms with Gasteiger partial charge in [-0.2, -0.15) is 0 Å². The molecule has 0 aliphatic carbocycles. The fraction of sp³-hybridized carbons (Fsp3) is 0.643. The van der Waals surface area contributed by atoms with Gasteiger partial charge in [0.2, 0.25) is 0 Å². The summed E-state index contributed by atoms with van der Waals surface area (Å²) in [7, 11) is 0. The number of imidazole rings is 1. The van der Waals surface area contributed by atoms with E-state index < -0.39 is 12.0 Å². The van der Waals surface area contributed by atoms with Crippen molar-refractivity contribution in [1.82, 2.24) is 20.6 Å². The van der Waals surface area contributed by atoms with E-state index in [1.54, 1.807) is 12.4 Å². The lowest BCUT2D eigenvalue weighted by atomic mass is 9.85. The zero-order chi connectivity index (χ0) is 15.9. The molecular formula is C14H24N4O3. The van der Waals surface area contributed by atoms with Gasteiger partial charge < -0.3 is 20.7 Å². The number of hydrogen-bond donors (Lipinski definition) is 4. The van der Waals surface area contributed by atoms with Gasteiger partial charge in [0.25, 0.3) is 0 Å². The number of carboxylic acids is 1. The van der Waals surface area contributed by atoms with E-state index in [9.17, 15) is 9.59 Å². The third-order valence-electron chi connectivity index (χ3n) is 3.16. The average molecular weight is 296 g/mol. The molecule has 0 aliphatic rings. The summed E-state index contributed by atoms with van der Waals surface area (Å²) in [6.45, 7) is 6.21. The van der Waals surface area contributed by atoms with Gasteiger partial charge in [-0.25, -0.2) is 9.78 Å². The van der Waals surface area contributed by atoms with E-state index in [0.717, 1.165) is 18.7 Å². The van der Waals surface area contributed by atoms with Gasteiger partial charge in [-0.15, -0.1) is 0 Å². The molecule has 0 radical (unpaired) electrons. The fourth-order valence-corrected chi connectivity index (χ4v) is 1.85. The van der Waals surface area contributed by atoms with Crippen LogP contribution in [0.5, 0.6) is 0 Å². The molecule has 1 heterocycles. The topological polar surface area (TPSA) is 107 Å². The van der Waals surface area contributed by atoms with Crippen molar-refractivity contribution in [2.75, 3.05) is 6.54 Å². The smallest absolute Gasteiger partial charge is 0.315 e. The Balaban J connectivity index is 2.31. The number of amides is 2. The number of nitrogens with one attached hydrogen (secondary N) is 3. The minimum Gasteiger partial charge on any atom is -0.481 e. The van der Waals surface area contributed by atoms with Gasteiger partial charge in [-0.1, -0.05) is 20.8 Å². The van der Waals surface area contributed by atoms with Crippen LogP contribution in [0.3, 0.4) is 0 Å². The molecule has 0 aromatic carbocycles. The lowest BCUT2D eigenvalue weighted by Gasteiger charge is -2.30. The number of carboxylic acid groups (broad SMARTS) is 1. The highest BCUT2D eigenvalue weighted by Gasteiger charge is 2.28. The molecule has 1 aromatic rings. The Morgan fingerprint density at radius 3 is 2.67 bits per heavy atom. The first-order chi connectivity index (χ1) is 9.79. The Hall–Kier alpha value is -2.05. The van der Waals surface area contributed by atoms with Crippen molar-refractivity contribution in [3.8, 4) is 0 Å². The van der Waals surface area contributed by atoms with E-state index in [1.807, 2.05) is 20.8 Å². The predicted octanol–water partition coefficient (Wildman–Crippen LogP) is 1.53. The molecule has 1 aromatic heterocycles. The number of aliphatic carboxylic acids is 1. The van der Waals surface area contributed by atoms with Crippen molar-refractivity contribution >= 4 is 12.0 Å². The molecule has 7 nitrogen and oxygen atoms in total. The van der Waals surface area contributed by atoms with Crippen molar-refractivity contribution in [1.29, 1.82) is 0 Å². The maximum absolute atomic E-state index is 11.8. The highest BCUT2D eigenvalue weighted by atomic mass is 16.4. The van der Waals surface area contributed by atoms with Gasteiger partial charge in [0.15, 0.2) is 0 Å². The van der Waals surface area contributed by atoms with Crippen LogP contribution in [0, 0.1) is 5.41 Å². The SMILES string of the molecule is CC(C)(C)C(CC(=O)O)NC(=O)NCCCc1ncc[nH]1. The Morgan fingerprint density at radius 1 is 1.43 bits per heavy atom. The van der Waals surface area contributed by atoms with Crippen molar-refractivity contribution in [3.05, 3.63) is 18.2 Å². The minimum absolute atomic E-state index is 0.0939. The predicted molar refractivity (Wildman–Crippen MR) is 78.9 cm³/mol. The van der Waals surface area contributed by atoms with Gasteiger partial charge in [-0.3, -0.25) is 4.79 Å². The van der Waals surface area contributed by atoms with Crippen molar-refractivity contribution in [2.45, 2.75) is 46.1 Å². The zero-order valence-electron chi connectivity index (χ0n) is 12.8. The summed E-state index contributed by atoms with van der Waals surface area (Å²) in [4.78, 5) is 29.7. The number of carbonyl (C=O) groups excluding carboxylic acids is 1. The molecule has 21 heavy (non-hydrogen) atoms. The van der Waals surface area contributed by atoms with Crippen LogP contribution in [0.4, 0.5) is 4.79 Å². The summed E-state index contributed by atoms with van der Waals surface area (Å²) < 4.78 is 0. The normalized spacial score (nSPS) is 12.7. The molecule has 0 saturated carbocycles. The molecule has 0 spiro atoms. The first-order valence-corrected chi connectivity index (χ1v) is 7.03.